The lowest BCUT2D eigenvalue weighted by molar-refractivity contribution is 0.0638. The highest BCUT2D eigenvalue weighted by molar-refractivity contribution is 9.10. The van der Waals surface area contributed by atoms with Crippen molar-refractivity contribution < 1.29 is 13.5 Å². The smallest absolute Gasteiger partial charge is 0.244 e. The van der Waals surface area contributed by atoms with Crippen LogP contribution in [0.3, 0.4) is 0 Å². The highest BCUT2D eigenvalue weighted by atomic mass is 79.9. The van der Waals surface area contributed by atoms with Gasteiger partial charge >= 0.3 is 0 Å². The minimum atomic E-state index is -3.70. The monoisotopic (exact) mass is 381 g/mol. The Morgan fingerprint density at radius 2 is 2.00 bits per heavy atom. The van der Waals surface area contributed by atoms with Gasteiger partial charge in [0.2, 0.25) is 10.0 Å². The third-order valence-electron chi connectivity index (χ3n) is 3.71. The summed E-state index contributed by atoms with van der Waals surface area (Å²) in [4.78, 5) is 0.0719. The fraction of sp³-hybridized carbons (Fsp3) is 0.538. The molecule has 1 aromatic rings. The second kappa shape index (κ2) is 6.32. The first-order valence-electron chi connectivity index (χ1n) is 6.45. The van der Waals surface area contributed by atoms with Crippen molar-refractivity contribution in [2.45, 2.75) is 42.7 Å². The van der Waals surface area contributed by atoms with Gasteiger partial charge in [0.25, 0.3) is 0 Å². The van der Waals surface area contributed by atoms with E-state index >= 15 is 0 Å². The predicted molar refractivity (Wildman–Crippen MR) is 82.4 cm³/mol. The van der Waals surface area contributed by atoms with Crippen molar-refractivity contribution in [3.63, 3.8) is 0 Å². The Kier molecular flexibility index (Phi) is 5.13. The van der Waals surface area contributed by atoms with Gasteiger partial charge in [-0.15, -0.1) is 0 Å². The summed E-state index contributed by atoms with van der Waals surface area (Å²) in [5.41, 5.74) is 0. The van der Waals surface area contributed by atoms with Gasteiger partial charge in [-0.1, -0.05) is 40.4 Å². The number of aliphatic hydroxyl groups is 1. The standard InChI is InChI=1S/C13H17BrClNO3S/c1-16(11-4-2-3-5-12(11)17)20(18,19)13-7-6-9(14)8-10(13)15/h6-8,11-12,17H,2-5H2,1H3. The molecule has 20 heavy (non-hydrogen) atoms. The van der Waals surface area contributed by atoms with Crippen molar-refractivity contribution in [1.29, 1.82) is 0 Å². The van der Waals surface area contributed by atoms with Crippen LogP contribution < -0.4 is 0 Å². The number of hydrogen-bond donors (Lipinski definition) is 1. The summed E-state index contributed by atoms with van der Waals surface area (Å²) in [7, 11) is -2.19. The summed E-state index contributed by atoms with van der Waals surface area (Å²) >= 11 is 9.29. The van der Waals surface area contributed by atoms with E-state index in [1.165, 1.54) is 17.4 Å². The molecule has 0 amide bonds. The molecular formula is C13H17BrClNO3S. The number of likely N-dealkylation sites (N-methyl/N-ethyl adjacent to an activating group) is 1. The summed E-state index contributed by atoms with van der Waals surface area (Å²) in [6.45, 7) is 0. The Labute approximate surface area is 132 Å². The van der Waals surface area contributed by atoms with Crippen molar-refractivity contribution in [1.82, 2.24) is 4.31 Å². The summed E-state index contributed by atoms with van der Waals surface area (Å²) in [6.07, 6.45) is 2.56. The van der Waals surface area contributed by atoms with E-state index < -0.39 is 16.1 Å². The lowest BCUT2D eigenvalue weighted by atomic mass is 9.93. The van der Waals surface area contributed by atoms with Crippen molar-refractivity contribution in [3.05, 3.63) is 27.7 Å². The Hall–Kier alpha value is -0.140. The zero-order valence-corrected chi connectivity index (χ0v) is 14.2. The van der Waals surface area contributed by atoms with Crippen LogP contribution in [0, 0.1) is 0 Å². The van der Waals surface area contributed by atoms with Crippen LogP contribution in [0.1, 0.15) is 25.7 Å². The molecule has 1 aliphatic carbocycles. The zero-order valence-electron chi connectivity index (χ0n) is 11.1. The molecule has 0 spiro atoms. The number of rotatable bonds is 3. The van der Waals surface area contributed by atoms with E-state index in [1.54, 1.807) is 12.1 Å². The molecule has 7 heteroatoms. The molecule has 4 nitrogen and oxygen atoms in total. The molecular weight excluding hydrogens is 366 g/mol. The third kappa shape index (κ3) is 3.20. The number of nitrogens with zero attached hydrogens (tertiary/aromatic N) is 1. The Balaban J connectivity index is 2.33. The number of hydrogen-bond acceptors (Lipinski definition) is 3. The highest BCUT2D eigenvalue weighted by Gasteiger charge is 2.35. The molecule has 0 radical (unpaired) electrons. The fourth-order valence-corrected chi connectivity index (χ4v) is 4.96. The maximum absolute atomic E-state index is 12.6. The van der Waals surface area contributed by atoms with Crippen molar-refractivity contribution in [2.75, 3.05) is 7.05 Å². The minimum absolute atomic E-state index is 0.0719. The molecule has 0 saturated heterocycles. The van der Waals surface area contributed by atoms with Crippen molar-refractivity contribution in [3.8, 4) is 0 Å². The van der Waals surface area contributed by atoms with Gasteiger partial charge < -0.3 is 5.11 Å². The second-order valence-corrected chi connectivity index (χ2v) is 8.30. The normalized spacial score (nSPS) is 24.1. The average molecular weight is 383 g/mol. The van der Waals surface area contributed by atoms with Crippen LogP contribution in [-0.4, -0.2) is 37.0 Å². The SMILES string of the molecule is CN(C1CCCCC1O)S(=O)(=O)c1ccc(Br)cc1Cl. The van der Waals surface area contributed by atoms with Crippen LogP contribution in [0.5, 0.6) is 0 Å². The fourth-order valence-electron chi connectivity index (χ4n) is 2.53. The topological polar surface area (TPSA) is 57.6 Å². The van der Waals surface area contributed by atoms with Gasteiger partial charge in [-0.05, 0) is 31.0 Å². The van der Waals surface area contributed by atoms with Gasteiger partial charge in [-0.25, -0.2) is 8.42 Å². The molecule has 0 bridgehead atoms. The van der Waals surface area contributed by atoms with Crippen LogP contribution in [0.2, 0.25) is 5.02 Å². The first kappa shape index (κ1) is 16.2. The zero-order chi connectivity index (χ0) is 14.9. The average Bonchev–Trinajstić information content (AvgIpc) is 2.38. The molecule has 0 aliphatic heterocycles. The summed E-state index contributed by atoms with van der Waals surface area (Å²) in [6, 6.07) is 4.30. The predicted octanol–water partition coefficient (Wildman–Crippen LogP) is 3.03. The maximum atomic E-state index is 12.6. The van der Waals surface area contributed by atoms with Gasteiger partial charge in [0.05, 0.1) is 17.2 Å². The lowest BCUT2D eigenvalue weighted by Gasteiger charge is -2.34. The van der Waals surface area contributed by atoms with Gasteiger partial charge in [0.15, 0.2) is 0 Å². The van der Waals surface area contributed by atoms with Gasteiger partial charge in [0, 0.05) is 11.5 Å². The molecule has 1 aromatic carbocycles. The van der Waals surface area contributed by atoms with Crippen LogP contribution >= 0.6 is 27.5 Å². The van der Waals surface area contributed by atoms with E-state index in [4.69, 9.17) is 11.6 Å². The maximum Gasteiger partial charge on any atom is 0.244 e. The van der Waals surface area contributed by atoms with Crippen LogP contribution in [0.15, 0.2) is 27.6 Å². The van der Waals surface area contributed by atoms with Gasteiger partial charge in [-0.3, -0.25) is 0 Å². The van der Waals surface area contributed by atoms with E-state index in [2.05, 4.69) is 15.9 Å². The lowest BCUT2D eigenvalue weighted by Crippen LogP contribution is -2.46. The molecule has 112 valence electrons. The van der Waals surface area contributed by atoms with E-state index in [0.29, 0.717) is 12.8 Å². The summed E-state index contributed by atoms with van der Waals surface area (Å²) < 4.78 is 27.2. The first-order valence-corrected chi connectivity index (χ1v) is 9.06. The van der Waals surface area contributed by atoms with Crippen LogP contribution in [-0.2, 0) is 10.0 Å². The Bertz CT molecular complexity index is 593. The van der Waals surface area contributed by atoms with Gasteiger partial charge in [0.1, 0.15) is 4.90 Å². The Morgan fingerprint density at radius 3 is 2.60 bits per heavy atom. The first-order chi connectivity index (χ1) is 9.34. The molecule has 2 unspecified atom stereocenters. The molecule has 1 aliphatic rings. The highest BCUT2D eigenvalue weighted by Crippen LogP contribution is 2.31. The number of benzene rings is 1. The molecule has 0 heterocycles. The number of sulfonamides is 1. The van der Waals surface area contributed by atoms with Crippen LogP contribution in [0.25, 0.3) is 0 Å². The van der Waals surface area contributed by atoms with Crippen molar-refractivity contribution >= 4 is 37.6 Å². The molecule has 1 fully saturated rings. The number of halogens is 2. The van der Waals surface area contributed by atoms with E-state index in [1.807, 2.05) is 0 Å². The minimum Gasteiger partial charge on any atom is -0.391 e. The molecule has 2 atom stereocenters. The molecule has 1 saturated carbocycles. The second-order valence-electron chi connectivity index (χ2n) is 5.02. The molecule has 2 rings (SSSR count). The van der Waals surface area contributed by atoms with Crippen molar-refractivity contribution in [2.24, 2.45) is 0 Å². The van der Waals surface area contributed by atoms with E-state index in [-0.39, 0.29) is 16.0 Å². The number of aliphatic hydroxyl groups excluding tert-OH is 1. The quantitative estimate of drug-likeness (QED) is 0.874. The summed E-state index contributed by atoms with van der Waals surface area (Å²) in [5.74, 6) is 0. The Morgan fingerprint density at radius 1 is 1.35 bits per heavy atom. The molecule has 0 aromatic heterocycles. The largest absolute Gasteiger partial charge is 0.391 e. The van der Waals surface area contributed by atoms with E-state index in [0.717, 1.165) is 17.3 Å². The molecule has 1 N–H and O–H groups in total. The van der Waals surface area contributed by atoms with Crippen LogP contribution in [0.4, 0.5) is 0 Å². The third-order valence-corrected chi connectivity index (χ3v) is 6.57. The van der Waals surface area contributed by atoms with E-state index in [9.17, 15) is 13.5 Å². The summed E-state index contributed by atoms with van der Waals surface area (Å²) in [5, 5.41) is 10.2. The van der Waals surface area contributed by atoms with Gasteiger partial charge in [-0.2, -0.15) is 4.31 Å².